The first-order valence-corrected chi connectivity index (χ1v) is 4.24. The van der Waals surface area contributed by atoms with Gasteiger partial charge in [0.05, 0.1) is 17.8 Å². The first-order chi connectivity index (χ1) is 6.63. The van der Waals surface area contributed by atoms with Crippen LogP contribution in [0.15, 0.2) is 23.9 Å². The summed E-state index contributed by atoms with van der Waals surface area (Å²) in [7, 11) is 0. The van der Waals surface area contributed by atoms with Crippen LogP contribution in [0.3, 0.4) is 0 Å². The number of aromatic nitrogens is 1. The highest BCUT2D eigenvalue weighted by Gasteiger charge is 2.01. The molecule has 0 fully saturated rings. The molecule has 0 unspecified atom stereocenters. The molecule has 0 saturated carbocycles. The van der Waals surface area contributed by atoms with Crippen LogP contribution < -0.4 is 11.1 Å². The number of nitrogens with two attached hydrogens (primary N) is 1. The number of anilines is 2. The van der Waals surface area contributed by atoms with Gasteiger partial charge in [0.15, 0.2) is 0 Å². The minimum Gasteiger partial charge on any atom is -0.396 e. The molecule has 1 heterocycles. The zero-order chi connectivity index (χ0) is 10.6. The summed E-state index contributed by atoms with van der Waals surface area (Å²) in [5, 5.41) is 11.9. The molecule has 5 heteroatoms. The number of nitrogen functional groups attached to an aromatic ring is 1. The van der Waals surface area contributed by atoms with Gasteiger partial charge in [-0.3, -0.25) is 0 Å². The largest absolute Gasteiger partial charge is 0.396 e. The van der Waals surface area contributed by atoms with Crippen molar-refractivity contribution >= 4 is 23.1 Å². The normalized spacial score (nSPS) is 9.14. The predicted octanol–water partition coefficient (Wildman–Crippen LogP) is 1.70. The molecule has 0 aliphatic rings. The topological polar surface area (TPSA) is 74.7 Å². The van der Waals surface area contributed by atoms with Gasteiger partial charge < -0.3 is 11.1 Å². The average molecular weight is 209 g/mol. The highest BCUT2D eigenvalue weighted by atomic mass is 35.5. The number of nitrogens with one attached hydrogen (secondary N) is 1. The molecular weight excluding hydrogens is 200 g/mol. The van der Waals surface area contributed by atoms with Gasteiger partial charge in [0.25, 0.3) is 0 Å². The fourth-order valence-corrected chi connectivity index (χ4v) is 0.937. The molecule has 0 aliphatic heterocycles. The van der Waals surface area contributed by atoms with Crippen molar-refractivity contribution in [3.63, 3.8) is 0 Å². The maximum atomic E-state index is 8.57. The first kappa shape index (κ1) is 10.4. The van der Waals surface area contributed by atoms with E-state index in [0.29, 0.717) is 28.6 Å². The van der Waals surface area contributed by atoms with Crippen molar-refractivity contribution in [2.45, 2.75) is 0 Å². The molecule has 0 bridgehead atoms. The Morgan fingerprint density at radius 2 is 2.50 bits per heavy atom. The Kier molecular flexibility index (Phi) is 3.32. The molecule has 4 nitrogen and oxygen atoms in total. The first-order valence-electron chi connectivity index (χ1n) is 3.86. The Morgan fingerprint density at radius 3 is 3.00 bits per heavy atom. The van der Waals surface area contributed by atoms with Gasteiger partial charge >= 0.3 is 0 Å². The van der Waals surface area contributed by atoms with E-state index in [-0.39, 0.29) is 0 Å². The molecule has 1 rings (SSSR count). The second kappa shape index (κ2) is 4.49. The summed E-state index contributed by atoms with van der Waals surface area (Å²) < 4.78 is 0. The highest BCUT2D eigenvalue weighted by Crippen LogP contribution is 2.16. The number of pyridine rings is 1. The molecular formula is C9H9ClN4. The molecule has 0 radical (unpaired) electrons. The summed E-state index contributed by atoms with van der Waals surface area (Å²) in [5.74, 6) is 0.505. The number of halogens is 1. The van der Waals surface area contributed by atoms with Crippen LogP contribution in [0, 0.1) is 11.3 Å². The highest BCUT2D eigenvalue weighted by molar-refractivity contribution is 6.29. The van der Waals surface area contributed by atoms with Gasteiger partial charge in [0.1, 0.15) is 11.9 Å². The summed E-state index contributed by atoms with van der Waals surface area (Å²) in [6.07, 6.45) is 1.44. The molecule has 0 aromatic carbocycles. The molecule has 0 aliphatic carbocycles. The monoisotopic (exact) mass is 208 g/mol. The molecule has 0 spiro atoms. The van der Waals surface area contributed by atoms with Crippen LogP contribution in [0.2, 0.25) is 0 Å². The van der Waals surface area contributed by atoms with E-state index in [1.807, 2.05) is 6.07 Å². The Hall–Kier alpha value is -1.73. The lowest BCUT2D eigenvalue weighted by atomic mass is 10.3. The zero-order valence-corrected chi connectivity index (χ0v) is 8.17. The summed E-state index contributed by atoms with van der Waals surface area (Å²) >= 11 is 5.56. The third kappa shape index (κ3) is 2.64. The van der Waals surface area contributed by atoms with Crippen LogP contribution in [-0.4, -0.2) is 11.5 Å². The van der Waals surface area contributed by atoms with Crippen LogP contribution in [0.5, 0.6) is 0 Å². The smallest absolute Gasteiger partial charge is 0.149 e. The average Bonchev–Trinajstić information content (AvgIpc) is 2.15. The van der Waals surface area contributed by atoms with E-state index >= 15 is 0 Å². The van der Waals surface area contributed by atoms with Crippen LogP contribution in [0.4, 0.5) is 11.5 Å². The quantitative estimate of drug-likeness (QED) is 0.793. The fraction of sp³-hybridized carbons (Fsp3) is 0.111. The van der Waals surface area contributed by atoms with Crippen molar-refractivity contribution in [1.82, 2.24) is 4.98 Å². The Morgan fingerprint density at radius 1 is 1.79 bits per heavy atom. The standard InChI is InChI=1S/C9H9ClN4/c1-6(10)4-13-9-8(12)2-7(3-11)5-14-9/h2,5H,1,4,12H2,(H,13,14). The van der Waals surface area contributed by atoms with Gasteiger partial charge in [0, 0.05) is 11.2 Å². The maximum absolute atomic E-state index is 8.57. The summed E-state index contributed by atoms with van der Waals surface area (Å²) in [6.45, 7) is 3.91. The molecule has 0 amide bonds. The summed E-state index contributed by atoms with van der Waals surface area (Å²) in [5.41, 5.74) is 6.48. The SMILES string of the molecule is C=C(Cl)CNc1ncc(C#N)cc1N. The van der Waals surface area contributed by atoms with E-state index in [9.17, 15) is 0 Å². The van der Waals surface area contributed by atoms with Crippen molar-refractivity contribution in [2.24, 2.45) is 0 Å². The van der Waals surface area contributed by atoms with Crippen molar-refractivity contribution in [3.8, 4) is 6.07 Å². The van der Waals surface area contributed by atoms with Gasteiger partial charge in [-0.1, -0.05) is 18.2 Å². The number of nitrogens with zero attached hydrogens (tertiary/aromatic N) is 2. The molecule has 1 aromatic rings. The second-order valence-corrected chi connectivity index (χ2v) is 3.18. The fourth-order valence-electron chi connectivity index (χ4n) is 0.870. The van der Waals surface area contributed by atoms with Crippen molar-refractivity contribution in [2.75, 3.05) is 17.6 Å². The number of nitriles is 1. The van der Waals surface area contributed by atoms with E-state index in [2.05, 4.69) is 16.9 Å². The number of hydrogen-bond acceptors (Lipinski definition) is 4. The summed E-state index contributed by atoms with van der Waals surface area (Å²) in [6, 6.07) is 3.49. The number of hydrogen-bond donors (Lipinski definition) is 2. The minimum atomic E-state index is 0.394. The Balaban J connectivity index is 2.80. The van der Waals surface area contributed by atoms with Crippen LogP contribution >= 0.6 is 11.6 Å². The van der Waals surface area contributed by atoms with Crippen LogP contribution in [0.25, 0.3) is 0 Å². The third-order valence-corrected chi connectivity index (χ3v) is 1.63. The second-order valence-electron chi connectivity index (χ2n) is 2.64. The molecule has 0 atom stereocenters. The predicted molar refractivity (Wildman–Crippen MR) is 56.8 cm³/mol. The van der Waals surface area contributed by atoms with Gasteiger partial charge in [-0.15, -0.1) is 0 Å². The molecule has 72 valence electrons. The van der Waals surface area contributed by atoms with Crippen molar-refractivity contribution in [1.29, 1.82) is 5.26 Å². The van der Waals surface area contributed by atoms with Crippen LogP contribution in [0.1, 0.15) is 5.56 Å². The van der Waals surface area contributed by atoms with Gasteiger partial charge in [-0.2, -0.15) is 5.26 Å². The third-order valence-electron chi connectivity index (χ3n) is 1.49. The lowest BCUT2D eigenvalue weighted by molar-refractivity contribution is 1.21. The van der Waals surface area contributed by atoms with Crippen molar-refractivity contribution in [3.05, 3.63) is 29.4 Å². The zero-order valence-electron chi connectivity index (χ0n) is 7.42. The van der Waals surface area contributed by atoms with E-state index < -0.39 is 0 Å². The van der Waals surface area contributed by atoms with E-state index in [4.69, 9.17) is 22.6 Å². The molecule has 3 N–H and O–H groups in total. The van der Waals surface area contributed by atoms with Gasteiger partial charge in [-0.25, -0.2) is 4.98 Å². The van der Waals surface area contributed by atoms with E-state index in [1.165, 1.54) is 6.20 Å². The minimum absolute atomic E-state index is 0.394. The van der Waals surface area contributed by atoms with E-state index in [0.717, 1.165) is 0 Å². The molecule has 0 saturated heterocycles. The van der Waals surface area contributed by atoms with Crippen LogP contribution in [-0.2, 0) is 0 Å². The van der Waals surface area contributed by atoms with E-state index in [1.54, 1.807) is 6.07 Å². The van der Waals surface area contributed by atoms with Gasteiger partial charge in [0.2, 0.25) is 0 Å². The van der Waals surface area contributed by atoms with Gasteiger partial charge in [-0.05, 0) is 6.07 Å². The number of rotatable bonds is 3. The lowest BCUT2D eigenvalue weighted by Gasteiger charge is -2.06. The maximum Gasteiger partial charge on any atom is 0.149 e. The Labute approximate surface area is 87.0 Å². The molecule has 14 heavy (non-hydrogen) atoms. The molecule has 1 aromatic heterocycles. The lowest BCUT2D eigenvalue weighted by Crippen LogP contribution is -2.06. The Bertz CT molecular complexity index is 394. The van der Waals surface area contributed by atoms with Crippen molar-refractivity contribution < 1.29 is 0 Å². The summed E-state index contributed by atoms with van der Waals surface area (Å²) in [4.78, 5) is 3.96.